The second kappa shape index (κ2) is 6.24. The monoisotopic (exact) mass is 307 g/mol. The average molecular weight is 307 g/mol. The Kier molecular flexibility index (Phi) is 4.15. The molecule has 0 unspecified atom stereocenters. The van der Waals surface area contributed by atoms with Gasteiger partial charge in [-0.1, -0.05) is 35.9 Å². The number of nitrogens with zero attached hydrogens (tertiary/aromatic N) is 2. The molecule has 0 saturated carbocycles. The lowest BCUT2D eigenvalue weighted by Gasteiger charge is -2.21. The van der Waals surface area contributed by atoms with E-state index in [1.54, 1.807) is 0 Å². The Balaban J connectivity index is 1.93. The van der Waals surface area contributed by atoms with E-state index in [0.717, 1.165) is 16.5 Å². The number of carbonyl (C=O) groups excluding carboxylic acids is 1. The van der Waals surface area contributed by atoms with Gasteiger partial charge >= 0.3 is 0 Å². The Labute approximate surface area is 136 Å². The first kappa shape index (κ1) is 15.3. The third kappa shape index (κ3) is 2.97. The van der Waals surface area contributed by atoms with E-state index in [-0.39, 0.29) is 5.91 Å². The van der Waals surface area contributed by atoms with E-state index >= 15 is 0 Å². The van der Waals surface area contributed by atoms with Crippen LogP contribution in [0.2, 0.25) is 0 Å². The summed E-state index contributed by atoms with van der Waals surface area (Å²) >= 11 is 0. The molecule has 23 heavy (non-hydrogen) atoms. The van der Waals surface area contributed by atoms with Gasteiger partial charge in [0.1, 0.15) is 0 Å². The van der Waals surface area contributed by atoms with Crippen LogP contribution in [0.3, 0.4) is 0 Å². The first-order chi connectivity index (χ1) is 11.1. The molecule has 0 aliphatic carbocycles. The molecule has 1 amide bonds. The summed E-state index contributed by atoms with van der Waals surface area (Å²) in [5.41, 5.74) is 4.88. The fraction of sp³-hybridized carbons (Fsp3) is 0.263. The molecule has 118 valence electrons. The number of amides is 1. The van der Waals surface area contributed by atoms with Gasteiger partial charge < -0.3 is 4.90 Å². The predicted octanol–water partition coefficient (Wildman–Crippen LogP) is 3.84. The molecule has 0 fully saturated rings. The van der Waals surface area contributed by atoms with Gasteiger partial charge in [0, 0.05) is 18.5 Å². The van der Waals surface area contributed by atoms with Crippen molar-refractivity contribution in [2.24, 2.45) is 0 Å². The van der Waals surface area contributed by atoms with Crippen LogP contribution in [0.1, 0.15) is 34.1 Å². The van der Waals surface area contributed by atoms with Crippen molar-refractivity contribution in [3.63, 3.8) is 0 Å². The number of aryl methyl sites for hydroxylation is 2. The Bertz CT molecular complexity index is 851. The van der Waals surface area contributed by atoms with Crippen LogP contribution in [0.5, 0.6) is 0 Å². The molecule has 3 rings (SSSR count). The van der Waals surface area contributed by atoms with Crippen LogP contribution in [0, 0.1) is 13.8 Å². The average Bonchev–Trinajstić information content (AvgIpc) is 2.96. The maximum absolute atomic E-state index is 12.9. The molecule has 0 aliphatic heterocycles. The molecule has 2 aromatic carbocycles. The minimum Gasteiger partial charge on any atom is -0.333 e. The standard InChI is InChI=1S/C19H21N3O/c1-4-22(12-15-8-6-5-7-14(15)3)19(23)18-16-11-13(2)9-10-17(16)20-21-18/h5-11H,4,12H2,1-3H3,(H,20,21). The first-order valence-electron chi connectivity index (χ1n) is 7.88. The van der Waals surface area contributed by atoms with Gasteiger partial charge in [0.25, 0.3) is 5.91 Å². The number of nitrogens with one attached hydrogen (secondary N) is 1. The van der Waals surface area contributed by atoms with Crippen molar-refractivity contribution < 1.29 is 4.79 Å². The number of carbonyl (C=O) groups is 1. The number of hydrogen-bond donors (Lipinski definition) is 1. The topological polar surface area (TPSA) is 49.0 Å². The summed E-state index contributed by atoms with van der Waals surface area (Å²) in [5.74, 6) is -0.0346. The molecule has 1 aromatic heterocycles. The van der Waals surface area contributed by atoms with E-state index in [4.69, 9.17) is 0 Å². The Morgan fingerprint density at radius 1 is 1.17 bits per heavy atom. The molecule has 1 N–H and O–H groups in total. The quantitative estimate of drug-likeness (QED) is 0.796. The molecular weight excluding hydrogens is 286 g/mol. The second-order valence-electron chi connectivity index (χ2n) is 5.87. The lowest BCUT2D eigenvalue weighted by Crippen LogP contribution is -2.31. The second-order valence-corrected chi connectivity index (χ2v) is 5.87. The van der Waals surface area contributed by atoms with Gasteiger partial charge in [-0.25, -0.2) is 0 Å². The van der Waals surface area contributed by atoms with Gasteiger partial charge in [-0.2, -0.15) is 5.10 Å². The van der Waals surface area contributed by atoms with Crippen LogP contribution in [-0.2, 0) is 6.54 Å². The summed E-state index contributed by atoms with van der Waals surface area (Å²) in [6.07, 6.45) is 0. The summed E-state index contributed by atoms with van der Waals surface area (Å²) in [6.45, 7) is 7.33. The Hall–Kier alpha value is -2.62. The third-order valence-corrected chi connectivity index (χ3v) is 4.21. The molecule has 0 saturated heterocycles. The number of aromatic nitrogens is 2. The van der Waals surface area contributed by atoms with Crippen LogP contribution < -0.4 is 0 Å². The molecule has 0 spiro atoms. The van der Waals surface area contributed by atoms with Crippen LogP contribution in [0.25, 0.3) is 10.9 Å². The zero-order chi connectivity index (χ0) is 16.4. The van der Waals surface area contributed by atoms with E-state index < -0.39 is 0 Å². The molecule has 0 radical (unpaired) electrons. The summed E-state index contributed by atoms with van der Waals surface area (Å²) in [4.78, 5) is 14.8. The van der Waals surface area contributed by atoms with E-state index in [1.807, 2.05) is 49.1 Å². The fourth-order valence-corrected chi connectivity index (χ4v) is 2.76. The van der Waals surface area contributed by atoms with Crippen molar-refractivity contribution >= 4 is 16.8 Å². The van der Waals surface area contributed by atoms with Crippen LogP contribution in [-0.4, -0.2) is 27.5 Å². The van der Waals surface area contributed by atoms with Crippen molar-refractivity contribution in [1.29, 1.82) is 0 Å². The van der Waals surface area contributed by atoms with Crippen molar-refractivity contribution in [2.75, 3.05) is 6.54 Å². The molecular formula is C19H21N3O. The minimum atomic E-state index is -0.0346. The summed E-state index contributed by atoms with van der Waals surface area (Å²) in [6, 6.07) is 14.1. The summed E-state index contributed by atoms with van der Waals surface area (Å²) < 4.78 is 0. The Morgan fingerprint density at radius 2 is 1.96 bits per heavy atom. The summed E-state index contributed by atoms with van der Waals surface area (Å²) in [7, 11) is 0. The lowest BCUT2D eigenvalue weighted by atomic mass is 10.1. The van der Waals surface area contributed by atoms with Crippen molar-refractivity contribution in [3.05, 3.63) is 64.8 Å². The third-order valence-electron chi connectivity index (χ3n) is 4.21. The number of H-pyrrole nitrogens is 1. The molecule has 0 bridgehead atoms. The fourth-order valence-electron chi connectivity index (χ4n) is 2.76. The lowest BCUT2D eigenvalue weighted by molar-refractivity contribution is 0.0748. The molecule has 3 aromatic rings. The van der Waals surface area contributed by atoms with Gasteiger partial charge in [0.05, 0.1) is 5.52 Å². The number of hydrogen-bond acceptors (Lipinski definition) is 2. The highest BCUT2D eigenvalue weighted by Crippen LogP contribution is 2.20. The largest absolute Gasteiger partial charge is 0.333 e. The van der Waals surface area contributed by atoms with Crippen LogP contribution in [0.4, 0.5) is 0 Å². The van der Waals surface area contributed by atoms with E-state index in [9.17, 15) is 4.79 Å². The number of benzene rings is 2. The van der Waals surface area contributed by atoms with E-state index in [0.29, 0.717) is 18.8 Å². The zero-order valence-electron chi connectivity index (χ0n) is 13.8. The van der Waals surface area contributed by atoms with E-state index in [2.05, 4.69) is 29.3 Å². The maximum atomic E-state index is 12.9. The highest BCUT2D eigenvalue weighted by Gasteiger charge is 2.20. The highest BCUT2D eigenvalue weighted by atomic mass is 16.2. The molecule has 4 nitrogen and oxygen atoms in total. The van der Waals surface area contributed by atoms with Gasteiger partial charge in [-0.05, 0) is 44.0 Å². The Morgan fingerprint density at radius 3 is 2.70 bits per heavy atom. The first-order valence-corrected chi connectivity index (χ1v) is 7.88. The van der Waals surface area contributed by atoms with Crippen molar-refractivity contribution in [1.82, 2.24) is 15.1 Å². The van der Waals surface area contributed by atoms with Crippen molar-refractivity contribution in [2.45, 2.75) is 27.3 Å². The van der Waals surface area contributed by atoms with Gasteiger partial charge in [0.15, 0.2) is 5.69 Å². The smallest absolute Gasteiger partial charge is 0.275 e. The van der Waals surface area contributed by atoms with E-state index in [1.165, 1.54) is 11.1 Å². The normalized spacial score (nSPS) is 10.9. The SMILES string of the molecule is CCN(Cc1ccccc1C)C(=O)c1n[nH]c2ccc(C)cc12. The number of fused-ring (bicyclic) bond motifs is 1. The van der Waals surface area contributed by atoms with Gasteiger partial charge in [0.2, 0.25) is 0 Å². The molecule has 4 heteroatoms. The number of aromatic amines is 1. The van der Waals surface area contributed by atoms with Crippen molar-refractivity contribution in [3.8, 4) is 0 Å². The predicted molar refractivity (Wildman–Crippen MR) is 92.4 cm³/mol. The molecule has 0 atom stereocenters. The van der Waals surface area contributed by atoms with Crippen LogP contribution in [0.15, 0.2) is 42.5 Å². The molecule has 1 heterocycles. The molecule has 0 aliphatic rings. The van der Waals surface area contributed by atoms with Gasteiger partial charge in [-0.15, -0.1) is 0 Å². The zero-order valence-corrected chi connectivity index (χ0v) is 13.8. The highest BCUT2D eigenvalue weighted by molar-refractivity contribution is 6.04. The number of rotatable bonds is 4. The maximum Gasteiger partial charge on any atom is 0.275 e. The summed E-state index contributed by atoms with van der Waals surface area (Å²) in [5, 5.41) is 8.09. The minimum absolute atomic E-state index is 0.0346. The van der Waals surface area contributed by atoms with Crippen LogP contribution >= 0.6 is 0 Å². The van der Waals surface area contributed by atoms with Gasteiger partial charge in [-0.3, -0.25) is 9.89 Å².